The van der Waals surface area contributed by atoms with Crippen molar-refractivity contribution < 1.29 is 9.90 Å². The Labute approximate surface area is 114 Å². The average Bonchev–Trinajstić information content (AvgIpc) is 2.61. The van der Waals surface area contributed by atoms with E-state index in [0.29, 0.717) is 13.1 Å². The molecule has 1 heterocycles. The number of benzene rings is 1. The van der Waals surface area contributed by atoms with Crippen LogP contribution in [0.15, 0.2) is 24.3 Å². The van der Waals surface area contributed by atoms with E-state index in [4.69, 9.17) is 0 Å². The maximum absolute atomic E-state index is 11.3. The highest BCUT2D eigenvalue weighted by Crippen LogP contribution is 2.23. The number of nitrogens with zero attached hydrogens (tertiary/aromatic N) is 2. The topological polar surface area (TPSA) is 43.8 Å². The lowest BCUT2D eigenvalue weighted by Crippen LogP contribution is -2.34. The van der Waals surface area contributed by atoms with Crippen LogP contribution in [0.25, 0.3) is 0 Å². The van der Waals surface area contributed by atoms with Crippen molar-refractivity contribution in [3.05, 3.63) is 29.8 Å². The summed E-state index contributed by atoms with van der Waals surface area (Å²) in [7, 11) is 1.99. The van der Waals surface area contributed by atoms with Crippen LogP contribution < -0.4 is 4.90 Å². The third-order valence-corrected chi connectivity index (χ3v) is 3.79. The number of aliphatic carboxylic acids is 1. The van der Waals surface area contributed by atoms with Crippen molar-refractivity contribution in [1.29, 1.82) is 0 Å². The van der Waals surface area contributed by atoms with Crippen LogP contribution in [0.3, 0.4) is 0 Å². The van der Waals surface area contributed by atoms with Gasteiger partial charge in [-0.15, -0.1) is 0 Å². The van der Waals surface area contributed by atoms with Gasteiger partial charge in [-0.3, -0.25) is 4.79 Å². The minimum atomic E-state index is -0.701. The van der Waals surface area contributed by atoms with Gasteiger partial charge in [0.05, 0.1) is 5.92 Å². The van der Waals surface area contributed by atoms with Gasteiger partial charge in [-0.2, -0.15) is 0 Å². The number of anilines is 1. The van der Waals surface area contributed by atoms with E-state index in [1.54, 1.807) is 0 Å². The van der Waals surface area contributed by atoms with Gasteiger partial charge < -0.3 is 14.9 Å². The molecule has 1 saturated heterocycles. The molecule has 0 bridgehead atoms. The third kappa shape index (κ3) is 3.26. The van der Waals surface area contributed by atoms with Crippen LogP contribution in [0, 0.1) is 5.92 Å². The van der Waals surface area contributed by atoms with Crippen LogP contribution >= 0.6 is 0 Å². The summed E-state index contributed by atoms with van der Waals surface area (Å²) >= 11 is 0. The van der Waals surface area contributed by atoms with Crippen molar-refractivity contribution in [2.45, 2.75) is 13.3 Å². The largest absolute Gasteiger partial charge is 0.481 e. The first kappa shape index (κ1) is 13.9. The number of hydrogen-bond acceptors (Lipinski definition) is 3. The average molecular weight is 262 g/mol. The molecule has 1 aliphatic heterocycles. The molecule has 1 aromatic carbocycles. The van der Waals surface area contributed by atoms with Gasteiger partial charge in [0.1, 0.15) is 0 Å². The van der Waals surface area contributed by atoms with Gasteiger partial charge in [0, 0.05) is 31.9 Å². The lowest BCUT2D eigenvalue weighted by atomic mass is 10.1. The smallest absolute Gasteiger partial charge is 0.309 e. The molecule has 1 unspecified atom stereocenters. The SMILES string of the molecule is CCc1ccccc1N1CCN(C)CC(C(=O)O)C1. The fourth-order valence-corrected chi connectivity index (χ4v) is 2.67. The monoisotopic (exact) mass is 262 g/mol. The molecule has 1 fully saturated rings. The predicted octanol–water partition coefficient (Wildman–Crippen LogP) is 1.70. The molecule has 2 rings (SSSR count). The Hall–Kier alpha value is -1.55. The Kier molecular flexibility index (Phi) is 4.43. The molecule has 4 heteroatoms. The summed E-state index contributed by atoms with van der Waals surface area (Å²) in [6.45, 7) is 5.15. The number of carbonyl (C=O) groups is 1. The summed E-state index contributed by atoms with van der Waals surface area (Å²) in [6.07, 6.45) is 0.972. The van der Waals surface area contributed by atoms with E-state index in [1.165, 1.54) is 11.3 Å². The highest BCUT2D eigenvalue weighted by atomic mass is 16.4. The van der Waals surface area contributed by atoms with Crippen LogP contribution in [0.2, 0.25) is 0 Å². The summed E-state index contributed by atoms with van der Waals surface area (Å²) in [5.74, 6) is -1.02. The van der Waals surface area contributed by atoms with Crippen molar-refractivity contribution in [2.75, 3.05) is 38.1 Å². The minimum absolute atomic E-state index is 0.322. The zero-order chi connectivity index (χ0) is 13.8. The van der Waals surface area contributed by atoms with E-state index >= 15 is 0 Å². The van der Waals surface area contributed by atoms with Crippen LogP contribution in [0.5, 0.6) is 0 Å². The van der Waals surface area contributed by atoms with Crippen LogP contribution in [0.4, 0.5) is 5.69 Å². The van der Waals surface area contributed by atoms with Crippen LogP contribution in [0.1, 0.15) is 12.5 Å². The summed E-state index contributed by atoms with van der Waals surface area (Å²) < 4.78 is 0. The Morgan fingerprint density at radius 1 is 1.32 bits per heavy atom. The first-order valence-corrected chi connectivity index (χ1v) is 6.86. The molecule has 1 aromatic rings. The molecule has 104 valence electrons. The van der Waals surface area contributed by atoms with Gasteiger partial charge in [-0.25, -0.2) is 0 Å². The molecule has 1 N–H and O–H groups in total. The maximum atomic E-state index is 11.3. The van der Waals surface area contributed by atoms with Crippen molar-refractivity contribution in [3.8, 4) is 0 Å². The van der Waals surface area contributed by atoms with Gasteiger partial charge in [0.15, 0.2) is 0 Å². The zero-order valence-electron chi connectivity index (χ0n) is 11.7. The summed E-state index contributed by atoms with van der Waals surface area (Å²) in [6, 6.07) is 8.29. The highest BCUT2D eigenvalue weighted by molar-refractivity contribution is 5.71. The summed E-state index contributed by atoms with van der Waals surface area (Å²) in [5.41, 5.74) is 2.47. The molecule has 0 radical (unpaired) electrons. The van der Waals surface area contributed by atoms with E-state index in [1.807, 2.05) is 19.2 Å². The second-order valence-electron chi connectivity index (χ2n) is 5.23. The molecule has 0 aliphatic carbocycles. The zero-order valence-corrected chi connectivity index (χ0v) is 11.7. The van der Waals surface area contributed by atoms with Crippen molar-refractivity contribution in [2.24, 2.45) is 5.92 Å². The number of carboxylic acid groups (broad SMARTS) is 1. The lowest BCUT2D eigenvalue weighted by molar-refractivity contribution is -0.141. The normalized spacial score (nSPS) is 21.2. The summed E-state index contributed by atoms with van der Waals surface area (Å²) in [5, 5.41) is 9.32. The number of carboxylic acids is 1. The molecule has 0 saturated carbocycles. The van der Waals surface area contributed by atoms with E-state index in [-0.39, 0.29) is 5.92 Å². The number of aryl methyl sites for hydroxylation is 1. The Balaban J connectivity index is 2.25. The van der Waals surface area contributed by atoms with E-state index < -0.39 is 5.97 Å². The molecular formula is C15H22N2O2. The van der Waals surface area contributed by atoms with Gasteiger partial charge in [0.25, 0.3) is 0 Å². The first-order chi connectivity index (χ1) is 9.11. The Morgan fingerprint density at radius 2 is 2.05 bits per heavy atom. The number of rotatable bonds is 3. The molecule has 19 heavy (non-hydrogen) atoms. The molecule has 0 aromatic heterocycles. The molecule has 0 amide bonds. The van der Waals surface area contributed by atoms with Gasteiger partial charge >= 0.3 is 5.97 Å². The highest BCUT2D eigenvalue weighted by Gasteiger charge is 2.26. The fourth-order valence-electron chi connectivity index (χ4n) is 2.67. The number of likely N-dealkylation sites (N-methyl/N-ethyl adjacent to an activating group) is 1. The Morgan fingerprint density at radius 3 is 2.74 bits per heavy atom. The predicted molar refractivity (Wildman–Crippen MR) is 76.7 cm³/mol. The molecule has 4 nitrogen and oxygen atoms in total. The van der Waals surface area contributed by atoms with E-state index in [2.05, 4.69) is 28.9 Å². The molecular weight excluding hydrogens is 240 g/mol. The third-order valence-electron chi connectivity index (χ3n) is 3.79. The maximum Gasteiger partial charge on any atom is 0.309 e. The lowest BCUT2D eigenvalue weighted by Gasteiger charge is -2.26. The van der Waals surface area contributed by atoms with E-state index in [0.717, 1.165) is 19.5 Å². The molecule has 1 aliphatic rings. The van der Waals surface area contributed by atoms with E-state index in [9.17, 15) is 9.90 Å². The fraction of sp³-hybridized carbons (Fsp3) is 0.533. The van der Waals surface area contributed by atoms with Crippen molar-refractivity contribution in [3.63, 3.8) is 0 Å². The van der Waals surface area contributed by atoms with Crippen LogP contribution in [-0.2, 0) is 11.2 Å². The quantitative estimate of drug-likeness (QED) is 0.900. The van der Waals surface area contributed by atoms with Crippen molar-refractivity contribution in [1.82, 2.24) is 4.90 Å². The van der Waals surface area contributed by atoms with Gasteiger partial charge in [-0.1, -0.05) is 25.1 Å². The molecule has 1 atom stereocenters. The standard InChI is InChI=1S/C15H22N2O2/c1-3-12-6-4-5-7-14(12)17-9-8-16(2)10-13(11-17)15(18)19/h4-7,13H,3,8-11H2,1-2H3,(H,18,19). The van der Waals surface area contributed by atoms with Gasteiger partial charge in [0.2, 0.25) is 0 Å². The number of hydrogen-bond donors (Lipinski definition) is 1. The number of para-hydroxylation sites is 1. The van der Waals surface area contributed by atoms with Gasteiger partial charge in [-0.05, 0) is 25.1 Å². The first-order valence-electron chi connectivity index (χ1n) is 6.86. The minimum Gasteiger partial charge on any atom is -0.481 e. The van der Waals surface area contributed by atoms with Crippen molar-refractivity contribution >= 4 is 11.7 Å². The van der Waals surface area contributed by atoms with Crippen LogP contribution in [-0.4, -0.2) is 49.2 Å². The summed E-state index contributed by atoms with van der Waals surface area (Å²) in [4.78, 5) is 15.7. The Bertz CT molecular complexity index is 448. The molecule has 0 spiro atoms. The second-order valence-corrected chi connectivity index (χ2v) is 5.23. The second kappa shape index (κ2) is 6.06.